The average Bonchev–Trinajstić information content (AvgIpc) is 3.28. The lowest BCUT2D eigenvalue weighted by Gasteiger charge is -2.22. The molecule has 0 aliphatic heterocycles. The molecule has 1 aliphatic rings. The Balaban J connectivity index is 2.45. The van der Waals surface area contributed by atoms with Crippen LogP contribution in [0.1, 0.15) is 26.2 Å². The first-order chi connectivity index (χ1) is 9.91. The lowest BCUT2D eigenvalue weighted by molar-refractivity contribution is -0.384. The van der Waals surface area contributed by atoms with E-state index in [0.717, 1.165) is 18.9 Å². The van der Waals surface area contributed by atoms with Crippen molar-refractivity contribution < 1.29 is 13.3 Å². The number of nitrogens with zero attached hydrogens (tertiary/aromatic N) is 2. The fraction of sp³-hybridized carbons (Fsp3) is 0.500. The van der Waals surface area contributed by atoms with E-state index in [0.29, 0.717) is 13.0 Å². The minimum atomic E-state index is -3.72. The molecule has 1 fully saturated rings. The zero-order valence-electron chi connectivity index (χ0n) is 11.7. The van der Waals surface area contributed by atoms with Crippen molar-refractivity contribution in [3.63, 3.8) is 0 Å². The Hall–Kier alpha value is -1.71. The Bertz CT molecular complexity index is 643. The van der Waals surface area contributed by atoms with E-state index in [1.165, 1.54) is 16.4 Å². The molecular formula is C12H18N4O4S. The molecule has 8 nitrogen and oxygen atoms in total. The summed E-state index contributed by atoms with van der Waals surface area (Å²) in [7, 11) is -3.72. The molecule has 0 aromatic heterocycles. The lowest BCUT2D eigenvalue weighted by Crippen LogP contribution is -2.34. The minimum Gasteiger partial charge on any atom is -0.323 e. The van der Waals surface area contributed by atoms with Gasteiger partial charge in [-0.15, -0.1) is 0 Å². The average molecular weight is 314 g/mol. The first kappa shape index (κ1) is 15.7. The van der Waals surface area contributed by atoms with Gasteiger partial charge in [0, 0.05) is 24.7 Å². The molecule has 0 unspecified atom stereocenters. The molecule has 0 heterocycles. The number of hydrogen-bond donors (Lipinski definition) is 2. The van der Waals surface area contributed by atoms with Gasteiger partial charge in [0.2, 0.25) is 10.0 Å². The summed E-state index contributed by atoms with van der Waals surface area (Å²) in [6.07, 6.45) is 2.39. The quantitative estimate of drug-likeness (QED) is 0.446. The summed E-state index contributed by atoms with van der Waals surface area (Å²) < 4.78 is 26.9. The van der Waals surface area contributed by atoms with E-state index in [1.807, 2.05) is 6.92 Å². The van der Waals surface area contributed by atoms with Crippen LogP contribution in [0.15, 0.2) is 23.1 Å². The minimum absolute atomic E-state index is 0.0239. The molecule has 0 amide bonds. The van der Waals surface area contributed by atoms with Crippen molar-refractivity contribution in [3.05, 3.63) is 28.3 Å². The first-order valence-electron chi connectivity index (χ1n) is 6.68. The van der Waals surface area contributed by atoms with E-state index in [-0.39, 0.29) is 22.3 Å². The number of hydrogen-bond acceptors (Lipinski definition) is 6. The summed E-state index contributed by atoms with van der Waals surface area (Å²) in [5.74, 6) is 5.33. The fourth-order valence-corrected chi connectivity index (χ4v) is 4.09. The zero-order chi connectivity index (χ0) is 15.6. The van der Waals surface area contributed by atoms with Crippen molar-refractivity contribution in [1.82, 2.24) is 4.31 Å². The molecule has 0 radical (unpaired) electrons. The van der Waals surface area contributed by atoms with E-state index < -0.39 is 14.9 Å². The fourth-order valence-electron chi connectivity index (χ4n) is 2.18. The number of rotatable bonds is 7. The van der Waals surface area contributed by atoms with E-state index >= 15 is 0 Å². The maximum absolute atomic E-state index is 12.7. The summed E-state index contributed by atoms with van der Waals surface area (Å²) in [5.41, 5.74) is 2.06. The SMILES string of the molecule is CCCN(C1CC1)S(=O)(=O)c1ccc([N+](=O)[O-])cc1NN. The molecular weight excluding hydrogens is 296 g/mol. The number of benzene rings is 1. The molecule has 1 aromatic carbocycles. The van der Waals surface area contributed by atoms with Gasteiger partial charge in [0.1, 0.15) is 4.90 Å². The number of non-ortho nitro benzene ring substituents is 1. The molecule has 0 saturated heterocycles. The van der Waals surface area contributed by atoms with Gasteiger partial charge < -0.3 is 5.43 Å². The number of nitro groups is 1. The predicted molar refractivity (Wildman–Crippen MR) is 78.1 cm³/mol. The maximum Gasteiger partial charge on any atom is 0.271 e. The number of nitrogen functional groups attached to an aromatic ring is 1. The Morgan fingerprint density at radius 2 is 2.14 bits per heavy atom. The molecule has 0 atom stereocenters. The summed E-state index contributed by atoms with van der Waals surface area (Å²) in [4.78, 5) is 10.1. The third kappa shape index (κ3) is 3.14. The van der Waals surface area contributed by atoms with Crippen LogP contribution in [0, 0.1) is 10.1 Å². The van der Waals surface area contributed by atoms with Gasteiger partial charge in [-0.3, -0.25) is 16.0 Å². The van der Waals surface area contributed by atoms with Crippen LogP contribution >= 0.6 is 0 Å². The van der Waals surface area contributed by atoms with E-state index in [4.69, 9.17) is 5.84 Å². The van der Waals surface area contributed by atoms with Gasteiger partial charge in [-0.1, -0.05) is 6.92 Å². The summed E-state index contributed by atoms with van der Waals surface area (Å²) in [6, 6.07) is 3.55. The van der Waals surface area contributed by atoms with Crippen LogP contribution in [-0.4, -0.2) is 30.2 Å². The molecule has 1 saturated carbocycles. The maximum atomic E-state index is 12.7. The summed E-state index contributed by atoms with van der Waals surface area (Å²) in [6.45, 7) is 2.33. The number of hydrazine groups is 1. The second kappa shape index (κ2) is 5.96. The third-order valence-electron chi connectivity index (χ3n) is 3.31. The van der Waals surface area contributed by atoms with Crippen molar-refractivity contribution in [2.24, 2.45) is 5.84 Å². The molecule has 21 heavy (non-hydrogen) atoms. The van der Waals surface area contributed by atoms with Crippen LogP contribution in [0.2, 0.25) is 0 Å². The first-order valence-corrected chi connectivity index (χ1v) is 8.12. The second-order valence-electron chi connectivity index (χ2n) is 4.93. The molecule has 1 aliphatic carbocycles. The molecule has 1 aromatic rings. The summed E-state index contributed by atoms with van der Waals surface area (Å²) >= 11 is 0. The highest BCUT2D eigenvalue weighted by molar-refractivity contribution is 7.89. The van der Waals surface area contributed by atoms with Crippen LogP contribution in [0.4, 0.5) is 11.4 Å². The van der Waals surface area contributed by atoms with Crippen molar-refractivity contribution in [1.29, 1.82) is 0 Å². The van der Waals surface area contributed by atoms with Gasteiger partial charge in [-0.05, 0) is 25.3 Å². The van der Waals surface area contributed by atoms with Crippen LogP contribution in [-0.2, 0) is 10.0 Å². The van der Waals surface area contributed by atoms with Crippen LogP contribution in [0.5, 0.6) is 0 Å². The standard InChI is InChI=1S/C12H18N4O4S/c1-2-7-15(9-3-4-9)21(19,20)12-6-5-10(16(17)18)8-11(12)14-13/h5-6,8-9,14H,2-4,7,13H2,1H3. The number of nitro benzene ring substituents is 1. The van der Waals surface area contributed by atoms with Gasteiger partial charge in [0.05, 0.1) is 10.6 Å². The van der Waals surface area contributed by atoms with Gasteiger partial charge in [0.15, 0.2) is 0 Å². The molecule has 0 spiro atoms. The van der Waals surface area contributed by atoms with Crippen molar-refractivity contribution in [2.45, 2.75) is 37.1 Å². The van der Waals surface area contributed by atoms with Crippen molar-refractivity contribution >= 4 is 21.4 Å². The molecule has 116 valence electrons. The highest BCUT2D eigenvalue weighted by Gasteiger charge is 2.38. The molecule has 3 N–H and O–H groups in total. The zero-order valence-corrected chi connectivity index (χ0v) is 12.5. The lowest BCUT2D eigenvalue weighted by atomic mass is 10.3. The van der Waals surface area contributed by atoms with Crippen molar-refractivity contribution in [2.75, 3.05) is 12.0 Å². The third-order valence-corrected chi connectivity index (χ3v) is 5.32. The highest BCUT2D eigenvalue weighted by atomic mass is 32.2. The van der Waals surface area contributed by atoms with E-state index in [1.54, 1.807) is 0 Å². The Labute approximate surface area is 123 Å². The van der Waals surface area contributed by atoms with Crippen molar-refractivity contribution in [3.8, 4) is 0 Å². The highest BCUT2D eigenvalue weighted by Crippen LogP contribution is 2.35. The Morgan fingerprint density at radius 3 is 2.62 bits per heavy atom. The number of sulfonamides is 1. The Kier molecular flexibility index (Phi) is 4.45. The largest absolute Gasteiger partial charge is 0.323 e. The number of anilines is 1. The normalized spacial score (nSPS) is 15.2. The number of nitrogens with two attached hydrogens (primary N) is 1. The molecule has 2 rings (SSSR count). The summed E-state index contributed by atoms with van der Waals surface area (Å²) in [5, 5.41) is 10.8. The topological polar surface area (TPSA) is 119 Å². The van der Waals surface area contributed by atoms with Crippen LogP contribution < -0.4 is 11.3 Å². The van der Waals surface area contributed by atoms with E-state index in [9.17, 15) is 18.5 Å². The predicted octanol–water partition coefficient (Wildman–Crippen LogP) is 1.44. The smallest absolute Gasteiger partial charge is 0.271 e. The second-order valence-corrected chi connectivity index (χ2v) is 6.79. The van der Waals surface area contributed by atoms with Crippen LogP contribution in [0.3, 0.4) is 0 Å². The van der Waals surface area contributed by atoms with Gasteiger partial charge >= 0.3 is 0 Å². The Morgan fingerprint density at radius 1 is 1.48 bits per heavy atom. The monoisotopic (exact) mass is 314 g/mol. The van der Waals surface area contributed by atoms with Gasteiger partial charge in [-0.2, -0.15) is 4.31 Å². The molecule has 0 bridgehead atoms. The van der Waals surface area contributed by atoms with Crippen LogP contribution in [0.25, 0.3) is 0 Å². The molecule has 9 heteroatoms. The van der Waals surface area contributed by atoms with E-state index in [2.05, 4.69) is 5.43 Å². The number of nitrogens with one attached hydrogen (secondary N) is 1. The van der Waals surface area contributed by atoms with Gasteiger partial charge in [0.25, 0.3) is 5.69 Å². The van der Waals surface area contributed by atoms with Gasteiger partial charge in [-0.25, -0.2) is 8.42 Å².